The summed E-state index contributed by atoms with van der Waals surface area (Å²) in [7, 11) is 3.03. The summed E-state index contributed by atoms with van der Waals surface area (Å²) in [6.07, 6.45) is 0. The summed E-state index contributed by atoms with van der Waals surface area (Å²) >= 11 is 0. The van der Waals surface area contributed by atoms with Gasteiger partial charge in [-0.3, -0.25) is 4.79 Å². The highest BCUT2D eigenvalue weighted by molar-refractivity contribution is 5.92. The molecule has 5 rings (SSSR count). The molecule has 0 atom stereocenters. The SMILES string of the molecule is COc1ccc(NC(=O)Cn2nc3c(Oc4ccccc4)nc4ccccc4n3c2=O)c(OC)c1. The van der Waals surface area contributed by atoms with Gasteiger partial charge in [0.25, 0.3) is 5.88 Å². The molecule has 0 aliphatic carbocycles. The van der Waals surface area contributed by atoms with Crippen LogP contribution >= 0.6 is 0 Å². The van der Waals surface area contributed by atoms with Gasteiger partial charge in [0.1, 0.15) is 23.8 Å². The Morgan fingerprint density at radius 1 is 0.943 bits per heavy atom. The third-order valence-corrected chi connectivity index (χ3v) is 5.31. The van der Waals surface area contributed by atoms with Crippen molar-refractivity contribution >= 4 is 28.3 Å². The Balaban J connectivity index is 1.52. The maximum atomic E-state index is 13.3. The van der Waals surface area contributed by atoms with E-state index in [2.05, 4.69) is 15.4 Å². The van der Waals surface area contributed by atoms with Gasteiger partial charge in [-0.05, 0) is 36.4 Å². The van der Waals surface area contributed by atoms with Crippen LogP contribution in [0.2, 0.25) is 0 Å². The Morgan fingerprint density at radius 2 is 1.71 bits per heavy atom. The number of aromatic nitrogens is 4. The molecule has 3 aromatic carbocycles. The van der Waals surface area contributed by atoms with Crippen LogP contribution in [0.4, 0.5) is 5.69 Å². The fraction of sp³-hybridized carbons (Fsp3) is 0.120. The van der Waals surface area contributed by atoms with E-state index in [1.54, 1.807) is 48.5 Å². The Bertz CT molecular complexity index is 1590. The van der Waals surface area contributed by atoms with Gasteiger partial charge in [-0.25, -0.2) is 18.9 Å². The zero-order valence-electron chi connectivity index (χ0n) is 19.0. The Labute approximate surface area is 199 Å². The molecule has 0 bridgehead atoms. The zero-order valence-corrected chi connectivity index (χ0v) is 19.0. The number of hydrogen-bond donors (Lipinski definition) is 1. The average Bonchev–Trinajstić information content (AvgIpc) is 3.21. The van der Waals surface area contributed by atoms with E-state index in [4.69, 9.17) is 14.2 Å². The molecule has 0 aliphatic heterocycles. The van der Waals surface area contributed by atoms with E-state index in [-0.39, 0.29) is 18.1 Å². The number of carbonyl (C=O) groups excluding carboxylic acids is 1. The van der Waals surface area contributed by atoms with E-state index in [0.29, 0.717) is 34.0 Å². The number of amides is 1. The fourth-order valence-corrected chi connectivity index (χ4v) is 3.67. The van der Waals surface area contributed by atoms with Gasteiger partial charge in [0.15, 0.2) is 0 Å². The van der Waals surface area contributed by atoms with Gasteiger partial charge in [-0.1, -0.05) is 30.3 Å². The van der Waals surface area contributed by atoms with Crippen LogP contribution in [0.15, 0.2) is 77.6 Å². The van der Waals surface area contributed by atoms with Crippen LogP contribution in [0.1, 0.15) is 0 Å². The average molecular weight is 471 g/mol. The largest absolute Gasteiger partial charge is 0.497 e. The number of anilines is 1. The van der Waals surface area contributed by atoms with Crippen LogP contribution < -0.4 is 25.2 Å². The number of fused-ring (bicyclic) bond motifs is 3. The number of ether oxygens (including phenoxy) is 3. The van der Waals surface area contributed by atoms with Crippen molar-refractivity contribution in [3.8, 4) is 23.1 Å². The number of carbonyl (C=O) groups is 1. The number of nitrogens with one attached hydrogen (secondary N) is 1. The number of nitrogens with zero attached hydrogens (tertiary/aromatic N) is 4. The number of rotatable bonds is 7. The molecule has 10 heteroatoms. The molecular formula is C25H21N5O5. The molecule has 0 radical (unpaired) electrons. The number of methoxy groups -OCH3 is 2. The minimum absolute atomic E-state index is 0.156. The quantitative estimate of drug-likeness (QED) is 0.387. The van der Waals surface area contributed by atoms with E-state index in [1.165, 1.54) is 18.6 Å². The van der Waals surface area contributed by atoms with E-state index in [0.717, 1.165) is 4.68 Å². The summed E-state index contributed by atoms with van der Waals surface area (Å²) in [6.45, 7) is -0.325. The minimum atomic E-state index is -0.492. The van der Waals surface area contributed by atoms with E-state index < -0.39 is 11.6 Å². The minimum Gasteiger partial charge on any atom is -0.497 e. The summed E-state index contributed by atoms with van der Waals surface area (Å²) < 4.78 is 18.9. The van der Waals surface area contributed by atoms with Crippen LogP contribution in [0, 0.1) is 0 Å². The molecule has 1 amide bonds. The normalized spacial score (nSPS) is 10.9. The lowest BCUT2D eigenvalue weighted by atomic mass is 10.2. The molecule has 176 valence electrons. The fourth-order valence-electron chi connectivity index (χ4n) is 3.67. The highest BCUT2D eigenvalue weighted by atomic mass is 16.5. The van der Waals surface area contributed by atoms with Gasteiger partial charge in [0.2, 0.25) is 11.6 Å². The standard InChI is InChI=1S/C25H21N5O5/c1-33-17-12-13-19(21(14-17)34-2)26-22(31)15-29-25(32)30-20-11-7-6-10-18(20)27-24(23(30)28-29)35-16-8-4-3-5-9-16/h3-14H,15H2,1-2H3,(H,26,31). The monoisotopic (exact) mass is 471 g/mol. The summed E-state index contributed by atoms with van der Waals surface area (Å²) in [4.78, 5) is 30.7. The lowest BCUT2D eigenvalue weighted by Gasteiger charge is -2.11. The number of para-hydroxylation sites is 3. The van der Waals surface area contributed by atoms with Crippen LogP contribution in [0.5, 0.6) is 23.1 Å². The van der Waals surface area contributed by atoms with Crippen molar-refractivity contribution in [2.24, 2.45) is 0 Å². The lowest BCUT2D eigenvalue weighted by molar-refractivity contribution is -0.117. The first-order chi connectivity index (χ1) is 17.1. The third-order valence-electron chi connectivity index (χ3n) is 5.31. The Morgan fingerprint density at radius 3 is 2.49 bits per heavy atom. The van der Waals surface area contributed by atoms with Crippen molar-refractivity contribution in [2.45, 2.75) is 6.54 Å². The Kier molecular flexibility index (Phi) is 5.76. The topological polar surface area (TPSA) is 109 Å². The van der Waals surface area contributed by atoms with Gasteiger partial charge >= 0.3 is 5.69 Å². The lowest BCUT2D eigenvalue weighted by Crippen LogP contribution is -2.28. The maximum absolute atomic E-state index is 13.3. The molecule has 0 fully saturated rings. The second-order valence-corrected chi connectivity index (χ2v) is 7.53. The van der Waals surface area contributed by atoms with E-state index in [9.17, 15) is 9.59 Å². The highest BCUT2D eigenvalue weighted by Gasteiger charge is 2.19. The van der Waals surface area contributed by atoms with Gasteiger partial charge in [0.05, 0.1) is 30.9 Å². The molecule has 0 saturated carbocycles. The second kappa shape index (κ2) is 9.18. The van der Waals surface area contributed by atoms with Crippen molar-refractivity contribution in [3.05, 3.63) is 83.3 Å². The summed E-state index contributed by atoms with van der Waals surface area (Å²) in [5.41, 5.74) is 1.26. The van der Waals surface area contributed by atoms with Gasteiger partial charge in [-0.15, -0.1) is 5.10 Å². The molecule has 0 spiro atoms. The molecule has 10 nitrogen and oxygen atoms in total. The van der Waals surface area contributed by atoms with E-state index in [1.807, 2.05) is 24.3 Å². The predicted octanol–water partition coefficient (Wildman–Crippen LogP) is 3.49. The molecule has 0 unspecified atom stereocenters. The predicted molar refractivity (Wildman–Crippen MR) is 129 cm³/mol. The summed E-state index contributed by atoms with van der Waals surface area (Å²) in [5.74, 6) is 1.25. The maximum Gasteiger partial charge on any atom is 0.351 e. The number of hydrogen-bond acceptors (Lipinski definition) is 7. The molecule has 2 aromatic heterocycles. The second-order valence-electron chi connectivity index (χ2n) is 7.53. The molecular weight excluding hydrogens is 450 g/mol. The van der Waals surface area contributed by atoms with Gasteiger partial charge in [-0.2, -0.15) is 0 Å². The molecule has 35 heavy (non-hydrogen) atoms. The van der Waals surface area contributed by atoms with Crippen molar-refractivity contribution < 1.29 is 19.0 Å². The van der Waals surface area contributed by atoms with Gasteiger partial charge in [0, 0.05) is 6.07 Å². The first-order valence-corrected chi connectivity index (χ1v) is 10.7. The smallest absolute Gasteiger partial charge is 0.351 e. The molecule has 2 heterocycles. The highest BCUT2D eigenvalue weighted by Crippen LogP contribution is 2.29. The van der Waals surface area contributed by atoms with Crippen LogP contribution in [0.3, 0.4) is 0 Å². The molecule has 5 aromatic rings. The third kappa shape index (κ3) is 4.24. The summed E-state index contributed by atoms with van der Waals surface area (Å²) in [5, 5.41) is 7.13. The van der Waals surface area contributed by atoms with Gasteiger partial charge < -0.3 is 19.5 Å². The zero-order chi connectivity index (χ0) is 24.4. The molecule has 1 N–H and O–H groups in total. The molecule has 0 aliphatic rings. The first-order valence-electron chi connectivity index (χ1n) is 10.7. The van der Waals surface area contributed by atoms with Crippen molar-refractivity contribution in [1.82, 2.24) is 19.2 Å². The van der Waals surface area contributed by atoms with Crippen molar-refractivity contribution in [3.63, 3.8) is 0 Å². The van der Waals surface area contributed by atoms with Crippen molar-refractivity contribution in [2.75, 3.05) is 19.5 Å². The number of benzene rings is 3. The van der Waals surface area contributed by atoms with Crippen LogP contribution in [-0.2, 0) is 11.3 Å². The van der Waals surface area contributed by atoms with Crippen molar-refractivity contribution in [1.29, 1.82) is 0 Å². The van der Waals surface area contributed by atoms with Crippen LogP contribution in [0.25, 0.3) is 16.7 Å². The first kappa shape index (κ1) is 22.0. The summed E-state index contributed by atoms with van der Waals surface area (Å²) in [6, 6.07) is 21.2. The van der Waals surface area contributed by atoms with Crippen LogP contribution in [-0.4, -0.2) is 39.3 Å². The Hall–Kier alpha value is -4.86. The van der Waals surface area contributed by atoms with E-state index >= 15 is 0 Å². The molecule has 0 saturated heterocycles.